The van der Waals surface area contributed by atoms with Gasteiger partial charge >= 0.3 is 0 Å². The molecule has 1 aliphatic heterocycles. The molecule has 0 bridgehead atoms. The zero-order chi connectivity index (χ0) is 24.6. The van der Waals surface area contributed by atoms with Crippen LogP contribution in [0, 0.1) is 5.82 Å². The number of aliphatic hydroxyl groups is 1. The number of fused-ring (bicyclic) bond motifs is 1. The molecule has 0 saturated heterocycles. The monoisotopic (exact) mass is 492 g/mol. The number of benzene rings is 1. The van der Waals surface area contributed by atoms with Crippen molar-refractivity contribution in [3.63, 3.8) is 0 Å². The molecule has 3 aromatic heterocycles. The van der Waals surface area contributed by atoms with E-state index in [0.717, 1.165) is 11.4 Å². The summed E-state index contributed by atoms with van der Waals surface area (Å²) in [7, 11) is 0. The number of hydrogen-bond donors (Lipinski definition) is 2. The summed E-state index contributed by atoms with van der Waals surface area (Å²) in [6.45, 7) is 4.33. The van der Waals surface area contributed by atoms with E-state index in [-0.39, 0.29) is 11.4 Å². The van der Waals surface area contributed by atoms with Crippen molar-refractivity contribution in [3.8, 4) is 17.1 Å². The second kappa shape index (κ2) is 9.09. The highest BCUT2D eigenvalue weighted by molar-refractivity contribution is 6.30. The Morgan fingerprint density at radius 1 is 1.09 bits per heavy atom. The Hall–Kier alpha value is -3.82. The predicted molar refractivity (Wildman–Crippen MR) is 132 cm³/mol. The molecule has 1 aromatic carbocycles. The smallest absolute Gasteiger partial charge is 0.180 e. The van der Waals surface area contributed by atoms with Gasteiger partial charge in [0.15, 0.2) is 17.4 Å². The van der Waals surface area contributed by atoms with Gasteiger partial charge in [0, 0.05) is 34.9 Å². The first-order valence-corrected chi connectivity index (χ1v) is 11.3. The summed E-state index contributed by atoms with van der Waals surface area (Å²) in [6.07, 6.45) is 4.86. The quantitative estimate of drug-likeness (QED) is 0.391. The van der Waals surface area contributed by atoms with Crippen molar-refractivity contribution in [2.45, 2.75) is 19.4 Å². The third-order valence-corrected chi connectivity index (χ3v) is 5.68. The van der Waals surface area contributed by atoms with Crippen LogP contribution in [0.1, 0.15) is 19.5 Å². The number of halogens is 2. The van der Waals surface area contributed by atoms with E-state index in [1.165, 1.54) is 18.2 Å². The summed E-state index contributed by atoms with van der Waals surface area (Å²) in [5.41, 5.74) is 1.25. The maximum atomic E-state index is 14.4. The second-order valence-corrected chi connectivity index (χ2v) is 8.96. The van der Waals surface area contributed by atoms with Crippen LogP contribution in [0.25, 0.3) is 11.4 Å². The maximum Gasteiger partial charge on any atom is 0.180 e. The van der Waals surface area contributed by atoms with E-state index in [1.807, 2.05) is 17.0 Å². The molecule has 0 aliphatic carbocycles. The van der Waals surface area contributed by atoms with Crippen molar-refractivity contribution in [3.05, 3.63) is 77.6 Å². The number of rotatable bonds is 5. The van der Waals surface area contributed by atoms with Crippen LogP contribution in [-0.2, 0) is 5.60 Å². The van der Waals surface area contributed by atoms with Crippen molar-refractivity contribution < 1.29 is 14.2 Å². The fourth-order valence-electron chi connectivity index (χ4n) is 3.71. The van der Waals surface area contributed by atoms with E-state index in [2.05, 4.69) is 25.3 Å². The topological polar surface area (TPSA) is 96.3 Å². The van der Waals surface area contributed by atoms with Gasteiger partial charge < -0.3 is 20.1 Å². The summed E-state index contributed by atoms with van der Waals surface area (Å²) >= 11 is 6.06. The van der Waals surface area contributed by atoms with Crippen LogP contribution in [0.4, 0.5) is 27.4 Å². The van der Waals surface area contributed by atoms with Gasteiger partial charge in [0.2, 0.25) is 0 Å². The van der Waals surface area contributed by atoms with Crippen molar-refractivity contribution in [2.24, 2.45) is 0 Å². The first-order valence-electron chi connectivity index (χ1n) is 10.9. The highest BCUT2D eigenvalue weighted by atomic mass is 35.5. The number of ether oxygens (including phenoxy) is 1. The SMILES string of the molecule is CC(C)(O)c1cc(Nc2cc(N3CCOc4cnc(-c5cc(Cl)ccc5F)nc43)ccn2)ccn1. The molecule has 0 amide bonds. The summed E-state index contributed by atoms with van der Waals surface area (Å²) < 4.78 is 20.2. The average Bonchev–Trinajstić information content (AvgIpc) is 2.85. The van der Waals surface area contributed by atoms with Gasteiger partial charge in [-0.1, -0.05) is 11.6 Å². The number of pyridine rings is 2. The zero-order valence-corrected chi connectivity index (χ0v) is 19.8. The molecule has 0 fully saturated rings. The van der Waals surface area contributed by atoms with Gasteiger partial charge in [-0.3, -0.25) is 4.98 Å². The fraction of sp³-hybridized carbons (Fsp3) is 0.200. The molecule has 0 atom stereocenters. The summed E-state index contributed by atoms with van der Waals surface area (Å²) in [6, 6.07) is 11.6. The van der Waals surface area contributed by atoms with Crippen molar-refractivity contribution in [2.75, 3.05) is 23.4 Å². The van der Waals surface area contributed by atoms with Crippen LogP contribution in [0.5, 0.6) is 5.75 Å². The molecule has 4 aromatic rings. The fourth-order valence-corrected chi connectivity index (χ4v) is 3.88. The molecule has 0 saturated carbocycles. The molecular formula is C25H22ClFN6O2. The van der Waals surface area contributed by atoms with Crippen molar-refractivity contribution >= 4 is 34.6 Å². The number of aromatic nitrogens is 4. The minimum Gasteiger partial charge on any atom is -0.486 e. The second-order valence-electron chi connectivity index (χ2n) is 8.52. The Bertz CT molecular complexity index is 1390. The van der Waals surface area contributed by atoms with E-state index >= 15 is 0 Å². The van der Waals surface area contributed by atoms with Crippen LogP contribution in [0.2, 0.25) is 5.02 Å². The van der Waals surface area contributed by atoms with Gasteiger partial charge in [-0.05, 0) is 50.2 Å². The number of nitrogens with zero attached hydrogens (tertiary/aromatic N) is 5. The normalized spacial score (nSPS) is 13.2. The number of hydrogen-bond acceptors (Lipinski definition) is 8. The maximum absolute atomic E-state index is 14.4. The van der Waals surface area contributed by atoms with Gasteiger partial charge in [-0.15, -0.1) is 0 Å². The molecule has 4 heterocycles. The van der Waals surface area contributed by atoms with Crippen LogP contribution < -0.4 is 15.0 Å². The van der Waals surface area contributed by atoms with Crippen LogP contribution >= 0.6 is 11.6 Å². The molecule has 5 rings (SSSR count). The van der Waals surface area contributed by atoms with E-state index in [9.17, 15) is 9.50 Å². The lowest BCUT2D eigenvalue weighted by Gasteiger charge is -2.30. The molecule has 1 aliphatic rings. The summed E-state index contributed by atoms with van der Waals surface area (Å²) in [5, 5.41) is 13.9. The minimum absolute atomic E-state index is 0.211. The third kappa shape index (κ3) is 4.87. The Morgan fingerprint density at radius 2 is 1.91 bits per heavy atom. The zero-order valence-electron chi connectivity index (χ0n) is 19.0. The lowest BCUT2D eigenvalue weighted by atomic mass is 10.0. The van der Waals surface area contributed by atoms with Gasteiger partial charge in [-0.2, -0.15) is 0 Å². The van der Waals surface area contributed by atoms with E-state index in [0.29, 0.717) is 41.3 Å². The number of anilines is 4. The van der Waals surface area contributed by atoms with Gasteiger partial charge in [0.1, 0.15) is 23.8 Å². The Labute approximate surface area is 206 Å². The van der Waals surface area contributed by atoms with Crippen molar-refractivity contribution in [1.29, 1.82) is 0 Å². The van der Waals surface area contributed by atoms with Crippen LogP contribution in [-0.4, -0.2) is 38.2 Å². The molecule has 35 heavy (non-hydrogen) atoms. The molecule has 178 valence electrons. The highest BCUT2D eigenvalue weighted by Gasteiger charge is 2.24. The third-order valence-electron chi connectivity index (χ3n) is 5.45. The molecule has 0 unspecified atom stereocenters. The Morgan fingerprint density at radius 3 is 2.74 bits per heavy atom. The van der Waals surface area contributed by atoms with Crippen molar-refractivity contribution in [1.82, 2.24) is 19.9 Å². The van der Waals surface area contributed by atoms with E-state index in [1.54, 1.807) is 44.6 Å². The molecule has 8 nitrogen and oxygen atoms in total. The molecular weight excluding hydrogens is 471 g/mol. The van der Waals surface area contributed by atoms with E-state index < -0.39 is 11.4 Å². The standard InChI is InChI=1S/C25H22ClFN6O2/c1-25(2,34)21-12-16(5-7-28-21)31-22-13-17(6-8-29-22)33-9-10-35-20-14-30-23(32-24(20)33)18-11-15(26)3-4-19(18)27/h3-8,11-14,34H,9-10H2,1-2H3,(H,28,29,31). The van der Waals surface area contributed by atoms with Crippen LogP contribution in [0.15, 0.2) is 61.1 Å². The predicted octanol–water partition coefficient (Wildman–Crippen LogP) is 5.23. The average molecular weight is 493 g/mol. The molecule has 0 radical (unpaired) electrons. The van der Waals surface area contributed by atoms with Crippen LogP contribution in [0.3, 0.4) is 0 Å². The summed E-state index contributed by atoms with van der Waals surface area (Å²) in [4.78, 5) is 19.5. The van der Waals surface area contributed by atoms with Gasteiger partial charge in [-0.25, -0.2) is 19.3 Å². The number of nitrogens with one attached hydrogen (secondary N) is 1. The summed E-state index contributed by atoms with van der Waals surface area (Å²) in [5.74, 6) is 1.36. The largest absolute Gasteiger partial charge is 0.486 e. The molecule has 0 spiro atoms. The van der Waals surface area contributed by atoms with Gasteiger partial charge in [0.25, 0.3) is 0 Å². The molecule has 10 heteroatoms. The minimum atomic E-state index is -1.07. The van der Waals surface area contributed by atoms with Gasteiger partial charge in [0.05, 0.1) is 24.0 Å². The first-order chi connectivity index (χ1) is 16.8. The Kier molecular flexibility index (Phi) is 5.96. The first kappa shape index (κ1) is 22.9. The lowest BCUT2D eigenvalue weighted by Crippen LogP contribution is -2.30. The highest BCUT2D eigenvalue weighted by Crippen LogP contribution is 2.37. The van der Waals surface area contributed by atoms with E-state index in [4.69, 9.17) is 16.3 Å². The Balaban J connectivity index is 1.47. The lowest BCUT2D eigenvalue weighted by molar-refractivity contribution is 0.0739. The molecule has 2 N–H and O–H groups in total.